The number of amides is 1. The van der Waals surface area contributed by atoms with Crippen molar-refractivity contribution in [1.82, 2.24) is 14.9 Å². The van der Waals surface area contributed by atoms with E-state index >= 15 is 0 Å². The predicted octanol–water partition coefficient (Wildman–Crippen LogP) is 6.11. The van der Waals surface area contributed by atoms with Crippen molar-refractivity contribution < 1.29 is 4.79 Å². The number of aromatic nitrogens is 2. The van der Waals surface area contributed by atoms with E-state index in [2.05, 4.69) is 47.3 Å². The van der Waals surface area contributed by atoms with Gasteiger partial charge in [-0.25, -0.2) is 4.98 Å². The third-order valence-electron chi connectivity index (χ3n) is 6.19. The molecule has 3 aromatic rings. The van der Waals surface area contributed by atoms with Crippen LogP contribution < -0.4 is 5.32 Å². The smallest absolute Gasteiger partial charge is 0.251 e. The molecule has 5 heteroatoms. The average molecular weight is 410 g/mol. The third-order valence-corrected chi connectivity index (χ3v) is 7.06. The van der Waals surface area contributed by atoms with Crippen molar-refractivity contribution in [3.05, 3.63) is 52.0 Å². The summed E-state index contributed by atoms with van der Waals surface area (Å²) in [6, 6.07) is 11.1. The fourth-order valence-corrected chi connectivity index (χ4v) is 5.26. The SMILES string of the molecule is CCC(CC)n1c(Cc2cccs2)nc2cc(C(=O)NC3CCCCC3)ccc21. The molecule has 0 radical (unpaired) electrons. The lowest BCUT2D eigenvalue weighted by Gasteiger charge is -2.22. The maximum absolute atomic E-state index is 12.8. The second-order valence-electron chi connectivity index (χ2n) is 8.14. The molecule has 0 spiro atoms. The molecular weight excluding hydrogens is 378 g/mol. The van der Waals surface area contributed by atoms with Gasteiger partial charge in [-0.05, 0) is 55.3 Å². The van der Waals surface area contributed by atoms with Gasteiger partial charge >= 0.3 is 0 Å². The van der Waals surface area contributed by atoms with Crippen LogP contribution in [0.5, 0.6) is 0 Å². The van der Waals surface area contributed by atoms with Gasteiger partial charge in [-0.1, -0.05) is 39.2 Å². The van der Waals surface area contributed by atoms with E-state index in [4.69, 9.17) is 4.98 Å². The van der Waals surface area contributed by atoms with E-state index in [0.717, 1.165) is 54.5 Å². The molecule has 2 aromatic heterocycles. The van der Waals surface area contributed by atoms with Gasteiger partial charge in [-0.2, -0.15) is 0 Å². The normalized spacial score (nSPS) is 15.3. The summed E-state index contributed by atoms with van der Waals surface area (Å²) in [5, 5.41) is 5.35. The molecule has 1 amide bonds. The first kappa shape index (κ1) is 20.1. The summed E-state index contributed by atoms with van der Waals surface area (Å²) in [7, 11) is 0. The van der Waals surface area contributed by atoms with Gasteiger partial charge in [0.15, 0.2) is 0 Å². The number of hydrogen-bond acceptors (Lipinski definition) is 3. The molecule has 4 rings (SSSR count). The molecule has 1 aromatic carbocycles. The number of benzene rings is 1. The average Bonchev–Trinajstić information content (AvgIpc) is 3.38. The van der Waals surface area contributed by atoms with Crippen LogP contribution in [-0.2, 0) is 6.42 Å². The number of carbonyl (C=O) groups excluding carboxylic acids is 1. The molecule has 0 unspecified atom stereocenters. The van der Waals surface area contributed by atoms with Gasteiger partial charge in [0.05, 0.1) is 11.0 Å². The molecule has 0 atom stereocenters. The topological polar surface area (TPSA) is 46.9 Å². The Hall–Kier alpha value is -2.14. The lowest BCUT2D eigenvalue weighted by atomic mass is 9.95. The fourth-order valence-electron chi connectivity index (χ4n) is 4.56. The Morgan fingerprint density at radius 3 is 2.69 bits per heavy atom. The van der Waals surface area contributed by atoms with Gasteiger partial charge in [0.25, 0.3) is 5.91 Å². The molecule has 0 bridgehead atoms. The summed E-state index contributed by atoms with van der Waals surface area (Å²) >= 11 is 1.77. The van der Waals surface area contributed by atoms with Crippen LogP contribution in [0.15, 0.2) is 35.7 Å². The first-order valence-corrected chi connectivity index (χ1v) is 11.9. The van der Waals surface area contributed by atoms with E-state index in [0.29, 0.717) is 12.1 Å². The summed E-state index contributed by atoms with van der Waals surface area (Å²) in [5.41, 5.74) is 2.79. The fraction of sp³-hybridized carbons (Fsp3) is 0.500. The van der Waals surface area contributed by atoms with Crippen molar-refractivity contribution in [3.8, 4) is 0 Å². The Morgan fingerprint density at radius 2 is 2.00 bits per heavy atom. The molecule has 1 aliphatic rings. The molecule has 0 aliphatic heterocycles. The third kappa shape index (κ3) is 4.40. The lowest BCUT2D eigenvalue weighted by molar-refractivity contribution is 0.0928. The van der Waals surface area contributed by atoms with Crippen molar-refractivity contribution in [3.63, 3.8) is 0 Å². The van der Waals surface area contributed by atoms with Gasteiger partial charge < -0.3 is 9.88 Å². The highest BCUT2D eigenvalue weighted by Crippen LogP contribution is 2.28. The van der Waals surface area contributed by atoms with Crippen LogP contribution in [-0.4, -0.2) is 21.5 Å². The van der Waals surface area contributed by atoms with E-state index < -0.39 is 0 Å². The number of imidazole rings is 1. The summed E-state index contributed by atoms with van der Waals surface area (Å²) in [5.74, 6) is 1.14. The van der Waals surface area contributed by atoms with Crippen LogP contribution >= 0.6 is 11.3 Å². The minimum absolute atomic E-state index is 0.0377. The number of thiophene rings is 1. The first-order chi connectivity index (χ1) is 14.2. The molecule has 154 valence electrons. The predicted molar refractivity (Wildman–Crippen MR) is 121 cm³/mol. The maximum atomic E-state index is 12.8. The van der Waals surface area contributed by atoms with E-state index in [9.17, 15) is 4.79 Å². The lowest BCUT2D eigenvalue weighted by Crippen LogP contribution is -2.36. The Morgan fingerprint density at radius 1 is 1.21 bits per heavy atom. The zero-order valence-corrected chi connectivity index (χ0v) is 18.3. The van der Waals surface area contributed by atoms with Crippen LogP contribution in [0.3, 0.4) is 0 Å². The summed E-state index contributed by atoms with van der Waals surface area (Å²) < 4.78 is 2.40. The zero-order valence-electron chi connectivity index (χ0n) is 17.5. The van der Waals surface area contributed by atoms with E-state index in [-0.39, 0.29) is 5.91 Å². The van der Waals surface area contributed by atoms with Crippen molar-refractivity contribution in [2.24, 2.45) is 0 Å². The van der Waals surface area contributed by atoms with E-state index in [1.807, 2.05) is 12.1 Å². The van der Waals surface area contributed by atoms with Gasteiger partial charge in [0.2, 0.25) is 0 Å². The zero-order chi connectivity index (χ0) is 20.2. The quantitative estimate of drug-likeness (QED) is 0.511. The first-order valence-electron chi connectivity index (χ1n) is 11.0. The second kappa shape index (κ2) is 9.12. The molecule has 1 N–H and O–H groups in total. The van der Waals surface area contributed by atoms with Crippen LogP contribution in [0, 0.1) is 0 Å². The Bertz CT molecular complexity index is 950. The van der Waals surface area contributed by atoms with Crippen molar-refractivity contribution >= 4 is 28.3 Å². The van der Waals surface area contributed by atoms with Crippen LogP contribution in [0.1, 0.15) is 85.9 Å². The highest BCUT2D eigenvalue weighted by Gasteiger charge is 2.20. The molecule has 2 heterocycles. The molecule has 29 heavy (non-hydrogen) atoms. The molecule has 0 saturated heterocycles. The van der Waals surface area contributed by atoms with Crippen LogP contribution in [0.4, 0.5) is 0 Å². The number of nitrogens with zero attached hydrogens (tertiary/aromatic N) is 2. The maximum Gasteiger partial charge on any atom is 0.251 e. The van der Waals surface area contributed by atoms with Crippen molar-refractivity contribution in [2.75, 3.05) is 0 Å². The molecule has 1 aliphatic carbocycles. The standard InChI is InChI=1S/C24H31N3OS/c1-3-19(4-2)27-22-13-12-17(24(28)25-18-9-6-5-7-10-18)15-21(22)26-23(27)16-20-11-8-14-29-20/h8,11-15,18-19H,3-7,9-10,16H2,1-2H3,(H,25,28). The van der Waals surface area contributed by atoms with Gasteiger partial charge in [-0.15, -0.1) is 11.3 Å². The van der Waals surface area contributed by atoms with Gasteiger partial charge in [0.1, 0.15) is 5.82 Å². The number of hydrogen-bond donors (Lipinski definition) is 1. The molecule has 1 fully saturated rings. The second-order valence-corrected chi connectivity index (χ2v) is 9.17. The van der Waals surface area contributed by atoms with Gasteiger partial charge in [0, 0.05) is 28.9 Å². The molecular formula is C24H31N3OS. The van der Waals surface area contributed by atoms with E-state index in [1.165, 1.54) is 24.1 Å². The Kier molecular flexibility index (Phi) is 6.34. The van der Waals surface area contributed by atoms with Crippen LogP contribution in [0.2, 0.25) is 0 Å². The largest absolute Gasteiger partial charge is 0.349 e. The minimum atomic E-state index is 0.0377. The molecule has 4 nitrogen and oxygen atoms in total. The molecule has 1 saturated carbocycles. The number of fused-ring (bicyclic) bond motifs is 1. The Balaban J connectivity index is 1.65. The van der Waals surface area contributed by atoms with E-state index in [1.54, 1.807) is 11.3 Å². The van der Waals surface area contributed by atoms with Crippen LogP contribution in [0.25, 0.3) is 11.0 Å². The monoisotopic (exact) mass is 409 g/mol. The number of nitrogens with one attached hydrogen (secondary N) is 1. The van der Waals surface area contributed by atoms with Gasteiger partial charge in [-0.3, -0.25) is 4.79 Å². The Labute approximate surface area is 177 Å². The summed E-state index contributed by atoms with van der Waals surface area (Å²) in [6.07, 6.45) is 8.91. The highest BCUT2D eigenvalue weighted by atomic mass is 32.1. The minimum Gasteiger partial charge on any atom is -0.349 e. The highest BCUT2D eigenvalue weighted by molar-refractivity contribution is 7.09. The van der Waals surface area contributed by atoms with Crippen molar-refractivity contribution in [1.29, 1.82) is 0 Å². The number of carbonyl (C=O) groups is 1. The summed E-state index contributed by atoms with van der Waals surface area (Å²) in [6.45, 7) is 4.47. The number of rotatable bonds is 7. The van der Waals surface area contributed by atoms with Crippen molar-refractivity contribution in [2.45, 2.75) is 77.3 Å². The summed E-state index contributed by atoms with van der Waals surface area (Å²) in [4.78, 5) is 19.1.